The van der Waals surface area contributed by atoms with Gasteiger partial charge in [-0.1, -0.05) is 0 Å². The Morgan fingerprint density at radius 1 is 1.00 bits per heavy atom. The Balaban J connectivity index is 2.27. The molecular formula is C12H6Br2F4N2. The molecule has 0 aliphatic carbocycles. The maximum absolute atomic E-state index is 13.4. The quantitative estimate of drug-likeness (QED) is 0.578. The maximum Gasteiger partial charge on any atom is 0.185 e. The first-order valence-corrected chi connectivity index (χ1v) is 6.85. The molecule has 0 fully saturated rings. The van der Waals surface area contributed by atoms with Crippen molar-refractivity contribution in [3.05, 3.63) is 56.2 Å². The standard InChI is InChI=1S/C12H6Br2F4N2/c13-5-1-6(14)9(19-3-5)4-20-12-10(17)7(15)2-8(16)11(12)18/h1-3,20H,4H2. The molecule has 8 heteroatoms. The molecule has 0 radical (unpaired) electrons. The van der Waals surface area contributed by atoms with Crippen LogP contribution in [0.3, 0.4) is 0 Å². The summed E-state index contributed by atoms with van der Waals surface area (Å²) >= 11 is 6.42. The summed E-state index contributed by atoms with van der Waals surface area (Å²) in [5.41, 5.74) is -0.434. The molecule has 0 bridgehead atoms. The maximum atomic E-state index is 13.4. The highest BCUT2D eigenvalue weighted by Crippen LogP contribution is 2.26. The summed E-state index contributed by atoms with van der Waals surface area (Å²) in [7, 11) is 0. The van der Waals surface area contributed by atoms with E-state index in [-0.39, 0.29) is 12.6 Å². The number of hydrogen-bond donors (Lipinski definition) is 1. The fourth-order valence-corrected chi connectivity index (χ4v) is 2.60. The Hall–Kier alpha value is -1.15. The van der Waals surface area contributed by atoms with E-state index in [0.717, 1.165) is 0 Å². The molecule has 1 aromatic carbocycles. The van der Waals surface area contributed by atoms with Crippen molar-refractivity contribution in [3.8, 4) is 0 Å². The van der Waals surface area contributed by atoms with Gasteiger partial charge in [0.25, 0.3) is 0 Å². The van der Waals surface area contributed by atoms with Crippen molar-refractivity contribution in [1.29, 1.82) is 0 Å². The van der Waals surface area contributed by atoms with Gasteiger partial charge in [-0.15, -0.1) is 0 Å². The first-order chi connectivity index (χ1) is 9.40. The molecule has 0 aliphatic heterocycles. The second-order valence-corrected chi connectivity index (χ2v) is 5.55. The minimum absolute atomic E-state index is 0.107. The molecule has 0 unspecified atom stereocenters. The lowest BCUT2D eigenvalue weighted by atomic mass is 10.2. The molecule has 1 N–H and O–H groups in total. The number of benzene rings is 1. The number of nitrogens with zero attached hydrogens (tertiary/aromatic N) is 1. The Labute approximate surface area is 128 Å². The van der Waals surface area contributed by atoms with Crippen molar-refractivity contribution < 1.29 is 17.6 Å². The summed E-state index contributed by atoms with van der Waals surface area (Å²) < 4.78 is 54.2. The monoisotopic (exact) mass is 412 g/mol. The first-order valence-electron chi connectivity index (χ1n) is 5.27. The third-order valence-electron chi connectivity index (χ3n) is 2.43. The fourth-order valence-electron chi connectivity index (χ4n) is 1.47. The Bertz CT molecular complexity index is 638. The van der Waals surface area contributed by atoms with E-state index in [0.29, 0.717) is 14.6 Å². The lowest BCUT2D eigenvalue weighted by Gasteiger charge is -2.10. The third kappa shape index (κ3) is 3.12. The van der Waals surface area contributed by atoms with E-state index >= 15 is 0 Å². The van der Waals surface area contributed by atoms with Gasteiger partial charge in [-0.3, -0.25) is 4.98 Å². The van der Waals surface area contributed by atoms with Gasteiger partial charge in [-0.05, 0) is 37.9 Å². The van der Waals surface area contributed by atoms with Gasteiger partial charge < -0.3 is 5.32 Å². The van der Waals surface area contributed by atoms with Crippen LogP contribution in [0.15, 0.2) is 27.3 Å². The van der Waals surface area contributed by atoms with Crippen LogP contribution in [-0.2, 0) is 6.54 Å². The van der Waals surface area contributed by atoms with Crippen molar-refractivity contribution >= 4 is 37.5 Å². The zero-order chi connectivity index (χ0) is 14.9. The number of hydrogen-bond acceptors (Lipinski definition) is 2. The summed E-state index contributed by atoms with van der Waals surface area (Å²) in [6.07, 6.45) is 1.49. The minimum Gasteiger partial charge on any atom is -0.374 e. The third-order valence-corrected chi connectivity index (χ3v) is 3.55. The highest BCUT2D eigenvalue weighted by atomic mass is 79.9. The molecular weight excluding hydrogens is 408 g/mol. The molecule has 0 atom stereocenters. The lowest BCUT2D eigenvalue weighted by Crippen LogP contribution is -2.08. The molecule has 2 rings (SSSR count). The minimum atomic E-state index is -1.47. The van der Waals surface area contributed by atoms with Crippen LogP contribution in [0.4, 0.5) is 23.2 Å². The van der Waals surface area contributed by atoms with E-state index in [9.17, 15) is 17.6 Å². The zero-order valence-electron chi connectivity index (χ0n) is 9.65. The van der Waals surface area contributed by atoms with Gasteiger partial charge in [0.2, 0.25) is 0 Å². The van der Waals surface area contributed by atoms with Crippen LogP contribution in [0.2, 0.25) is 0 Å². The number of pyridine rings is 1. The van der Waals surface area contributed by atoms with Crippen LogP contribution < -0.4 is 5.32 Å². The molecule has 20 heavy (non-hydrogen) atoms. The van der Waals surface area contributed by atoms with Crippen LogP contribution in [-0.4, -0.2) is 4.98 Å². The number of aromatic nitrogens is 1. The van der Waals surface area contributed by atoms with E-state index in [1.165, 1.54) is 6.20 Å². The molecule has 0 spiro atoms. The number of halogens is 6. The highest BCUT2D eigenvalue weighted by molar-refractivity contribution is 9.11. The largest absolute Gasteiger partial charge is 0.374 e. The second kappa shape index (κ2) is 6.09. The van der Waals surface area contributed by atoms with E-state index in [1.54, 1.807) is 6.07 Å². The second-order valence-electron chi connectivity index (χ2n) is 3.78. The average molecular weight is 414 g/mol. The molecule has 106 valence electrons. The van der Waals surface area contributed by atoms with Crippen LogP contribution >= 0.6 is 31.9 Å². The highest BCUT2D eigenvalue weighted by Gasteiger charge is 2.19. The van der Waals surface area contributed by atoms with Crippen molar-refractivity contribution in [2.24, 2.45) is 0 Å². The molecule has 2 nitrogen and oxygen atoms in total. The van der Waals surface area contributed by atoms with Gasteiger partial charge in [-0.2, -0.15) is 0 Å². The van der Waals surface area contributed by atoms with E-state index < -0.39 is 29.0 Å². The van der Waals surface area contributed by atoms with Crippen molar-refractivity contribution in [2.75, 3.05) is 5.32 Å². The van der Waals surface area contributed by atoms with Gasteiger partial charge in [0.15, 0.2) is 23.3 Å². The van der Waals surface area contributed by atoms with Crippen LogP contribution in [0, 0.1) is 23.3 Å². The summed E-state index contributed by atoms with van der Waals surface area (Å²) in [5, 5.41) is 2.30. The summed E-state index contributed by atoms with van der Waals surface area (Å²) in [6, 6.07) is 1.84. The van der Waals surface area contributed by atoms with Crippen molar-refractivity contribution in [2.45, 2.75) is 6.54 Å². The molecule has 2 aromatic rings. The van der Waals surface area contributed by atoms with Crippen LogP contribution in [0.25, 0.3) is 0 Å². The predicted octanol–water partition coefficient (Wildman–Crippen LogP) is 4.78. The average Bonchev–Trinajstić information content (AvgIpc) is 2.38. The smallest absolute Gasteiger partial charge is 0.185 e. The van der Waals surface area contributed by atoms with Crippen LogP contribution in [0.1, 0.15) is 5.69 Å². The SMILES string of the molecule is Fc1cc(F)c(F)c(NCc2ncc(Br)cc2Br)c1F. The van der Waals surface area contributed by atoms with Gasteiger partial charge >= 0.3 is 0 Å². The van der Waals surface area contributed by atoms with E-state index in [1.807, 2.05) is 0 Å². The zero-order valence-corrected chi connectivity index (χ0v) is 12.8. The number of nitrogens with one attached hydrogen (secondary N) is 1. The fraction of sp³-hybridized carbons (Fsp3) is 0.0833. The molecule has 0 saturated carbocycles. The first kappa shape index (κ1) is 15.2. The van der Waals surface area contributed by atoms with Gasteiger partial charge in [0.05, 0.1) is 12.2 Å². The van der Waals surface area contributed by atoms with Gasteiger partial charge in [0.1, 0.15) is 5.69 Å². The summed E-state index contributed by atoms with van der Waals surface area (Å²) in [6.45, 7) is -0.107. The summed E-state index contributed by atoms with van der Waals surface area (Å²) in [4.78, 5) is 4.01. The number of rotatable bonds is 3. The Morgan fingerprint density at radius 3 is 2.15 bits per heavy atom. The molecule has 0 saturated heterocycles. The molecule has 1 aromatic heterocycles. The predicted molar refractivity (Wildman–Crippen MR) is 73.2 cm³/mol. The Morgan fingerprint density at radius 2 is 1.60 bits per heavy atom. The molecule has 1 heterocycles. The van der Waals surface area contributed by atoms with E-state index in [4.69, 9.17) is 0 Å². The van der Waals surface area contributed by atoms with Crippen molar-refractivity contribution in [3.63, 3.8) is 0 Å². The van der Waals surface area contributed by atoms with Gasteiger partial charge in [-0.25, -0.2) is 17.6 Å². The topological polar surface area (TPSA) is 24.9 Å². The normalized spacial score (nSPS) is 10.7. The summed E-state index contributed by atoms with van der Waals surface area (Å²) in [5.74, 6) is -5.88. The Kier molecular flexibility index (Phi) is 4.64. The molecule has 0 aliphatic rings. The van der Waals surface area contributed by atoms with Crippen LogP contribution in [0.5, 0.6) is 0 Å². The lowest BCUT2D eigenvalue weighted by molar-refractivity contribution is 0.458. The molecule has 0 amide bonds. The number of anilines is 1. The van der Waals surface area contributed by atoms with Crippen molar-refractivity contribution in [1.82, 2.24) is 4.98 Å². The van der Waals surface area contributed by atoms with E-state index in [2.05, 4.69) is 42.2 Å². The van der Waals surface area contributed by atoms with Gasteiger partial charge in [0, 0.05) is 21.2 Å².